The third-order valence-corrected chi connectivity index (χ3v) is 5.38. The summed E-state index contributed by atoms with van der Waals surface area (Å²) in [5.74, 6) is -1.53. The summed E-state index contributed by atoms with van der Waals surface area (Å²) < 4.78 is 0.427. The number of hydrogen-bond acceptors (Lipinski definition) is 5. The average molecular weight is 368 g/mol. The molecule has 126 valence electrons. The van der Waals surface area contributed by atoms with E-state index in [0.29, 0.717) is 14.8 Å². The van der Waals surface area contributed by atoms with Crippen molar-refractivity contribution in [2.45, 2.75) is 13.8 Å². The number of carboxylic acid groups (broad SMARTS) is 1. The lowest BCUT2D eigenvalue weighted by molar-refractivity contribution is -0.255. The van der Waals surface area contributed by atoms with E-state index < -0.39 is 5.97 Å². The lowest BCUT2D eigenvalue weighted by atomic mass is 10.1. The molecule has 25 heavy (non-hydrogen) atoms. The molecular formula is C19H14NO3S2-. The van der Waals surface area contributed by atoms with Crippen LogP contribution >= 0.6 is 24.0 Å². The quantitative estimate of drug-likeness (QED) is 0.615. The van der Waals surface area contributed by atoms with Gasteiger partial charge in [-0.15, -0.1) is 0 Å². The number of carbonyl (C=O) groups excluding carboxylic acids is 2. The molecule has 1 heterocycles. The summed E-state index contributed by atoms with van der Waals surface area (Å²) in [7, 11) is 0. The van der Waals surface area contributed by atoms with Crippen molar-refractivity contribution < 1.29 is 14.7 Å². The van der Waals surface area contributed by atoms with Crippen molar-refractivity contribution in [2.75, 3.05) is 4.90 Å². The first-order valence-corrected chi connectivity index (χ1v) is 8.77. The number of carbonyl (C=O) groups is 2. The maximum Gasteiger partial charge on any atom is 0.270 e. The van der Waals surface area contributed by atoms with E-state index in [0.717, 1.165) is 28.6 Å². The fourth-order valence-corrected chi connectivity index (χ4v) is 3.88. The summed E-state index contributed by atoms with van der Waals surface area (Å²) in [6.45, 7) is 3.92. The van der Waals surface area contributed by atoms with Crippen LogP contribution in [0.4, 0.5) is 5.69 Å². The molecule has 4 nitrogen and oxygen atoms in total. The van der Waals surface area contributed by atoms with Gasteiger partial charge in [0.1, 0.15) is 0 Å². The largest absolute Gasteiger partial charge is 0.545 e. The van der Waals surface area contributed by atoms with Gasteiger partial charge in [-0.3, -0.25) is 9.69 Å². The Morgan fingerprint density at radius 1 is 1.16 bits per heavy atom. The summed E-state index contributed by atoms with van der Waals surface area (Å²) >= 11 is 6.54. The topological polar surface area (TPSA) is 60.4 Å². The maximum atomic E-state index is 12.9. The van der Waals surface area contributed by atoms with Crippen LogP contribution in [0.3, 0.4) is 0 Å². The standard InChI is InChI=1S/C19H15NO3S2/c1-11-6-5-9-15(12(11)2)20-17(21)16(25-19(20)24)10-13-7-3-4-8-14(13)18(22)23/h3-10H,1-2H3,(H,22,23)/p-1/b16-10-. The summed E-state index contributed by atoms with van der Waals surface area (Å²) in [5, 5.41) is 11.2. The van der Waals surface area contributed by atoms with Crippen molar-refractivity contribution in [3.63, 3.8) is 0 Å². The van der Waals surface area contributed by atoms with Crippen molar-refractivity contribution >= 4 is 51.9 Å². The first kappa shape index (κ1) is 17.4. The van der Waals surface area contributed by atoms with Crippen molar-refractivity contribution in [1.29, 1.82) is 0 Å². The number of amides is 1. The molecule has 1 saturated heterocycles. The number of thiocarbonyl (C=S) groups is 1. The SMILES string of the molecule is Cc1cccc(N2C(=O)/C(=C/c3ccccc3C(=O)[O-])SC2=S)c1C. The highest BCUT2D eigenvalue weighted by Gasteiger charge is 2.34. The van der Waals surface area contributed by atoms with Crippen LogP contribution in [0, 0.1) is 13.8 Å². The minimum Gasteiger partial charge on any atom is -0.545 e. The summed E-state index contributed by atoms with van der Waals surface area (Å²) in [6, 6.07) is 12.1. The second kappa shape index (κ2) is 6.82. The van der Waals surface area contributed by atoms with Crippen LogP contribution in [0.5, 0.6) is 0 Å². The lowest BCUT2D eigenvalue weighted by Crippen LogP contribution is -2.28. The molecular weight excluding hydrogens is 354 g/mol. The van der Waals surface area contributed by atoms with Gasteiger partial charge >= 0.3 is 0 Å². The lowest BCUT2D eigenvalue weighted by Gasteiger charge is -2.18. The highest BCUT2D eigenvalue weighted by Crippen LogP contribution is 2.38. The highest BCUT2D eigenvalue weighted by atomic mass is 32.2. The van der Waals surface area contributed by atoms with Gasteiger partial charge in [-0.2, -0.15) is 0 Å². The zero-order valence-corrected chi connectivity index (χ0v) is 15.2. The maximum absolute atomic E-state index is 12.9. The molecule has 3 rings (SSSR count). The Morgan fingerprint density at radius 3 is 2.60 bits per heavy atom. The number of anilines is 1. The molecule has 0 aliphatic carbocycles. The van der Waals surface area contributed by atoms with E-state index in [2.05, 4.69) is 0 Å². The molecule has 0 bridgehead atoms. The fraction of sp³-hybridized carbons (Fsp3) is 0.105. The van der Waals surface area contributed by atoms with E-state index in [1.54, 1.807) is 24.3 Å². The predicted molar refractivity (Wildman–Crippen MR) is 102 cm³/mol. The van der Waals surface area contributed by atoms with E-state index >= 15 is 0 Å². The Balaban J connectivity index is 2.03. The first-order chi connectivity index (χ1) is 11.9. The molecule has 0 aromatic heterocycles. The number of carboxylic acids is 1. The molecule has 1 amide bonds. The Labute approximate surface area is 155 Å². The molecule has 1 fully saturated rings. The average Bonchev–Trinajstić information content (AvgIpc) is 2.85. The second-order valence-corrected chi connectivity index (χ2v) is 7.29. The Bertz CT molecular complexity index is 934. The van der Waals surface area contributed by atoms with Gasteiger partial charge in [0.05, 0.1) is 16.6 Å². The smallest absolute Gasteiger partial charge is 0.270 e. The van der Waals surface area contributed by atoms with Crippen LogP contribution < -0.4 is 10.0 Å². The van der Waals surface area contributed by atoms with Crippen molar-refractivity contribution in [3.8, 4) is 0 Å². The van der Waals surface area contributed by atoms with Gasteiger partial charge in [0.15, 0.2) is 4.32 Å². The van der Waals surface area contributed by atoms with Crippen molar-refractivity contribution in [3.05, 3.63) is 69.6 Å². The zero-order chi connectivity index (χ0) is 18.1. The van der Waals surface area contributed by atoms with Gasteiger partial charge in [0.25, 0.3) is 5.91 Å². The Morgan fingerprint density at radius 2 is 1.88 bits per heavy atom. The summed E-state index contributed by atoms with van der Waals surface area (Å²) in [4.78, 5) is 26.0. The Kier molecular flexibility index (Phi) is 4.74. The van der Waals surface area contributed by atoms with Crippen LogP contribution in [0.2, 0.25) is 0 Å². The second-order valence-electron chi connectivity index (χ2n) is 5.61. The molecule has 2 aromatic carbocycles. The van der Waals surface area contributed by atoms with Crippen LogP contribution in [0.25, 0.3) is 6.08 Å². The molecule has 0 atom stereocenters. The molecule has 0 unspecified atom stereocenters. The molecule has 6 heteroatoms. The molecule has 0 spiro atoms. The summed E-state index contributed by atoms with van der Waals surface area (Å²) in [5.41, 5.74) is 3.26. The monoisotopic (exact) mass is 368 g/mol. The van der Waals surface area contributed by atoms with Crippen LogP contribution in [0.1, 0.15) is 27.0 Å². The van der Waals surface area contributed by atoms with E-state index in [4.69, 9.17) is 12.2 Å². The minimum atomic E-state index is -1.28. The van der Waals surface area contributed by atoms with Crippen LogP contribution in [-0.4, -0.2) is 16.2 Å². The highest BCUT2D eigenvalue weighted by molar-refractivity contribution is 8.27. The molecule has 1 aliphatic rings. The third-order valence-electron chi connectivity index (χ3n) is 4.08. The molecule has 2 aromatic rings. The fourth-order valence-electron chi connectivity index (χ4n) is 2.60. The van der Waals surface area contributed by atoms with Crippen molar-refractivity contribution in [1.82, 2.24) is 0 Å². The minimum absolute atomic E-state index is 0.0412. The Hall–Kier alpha value is -2.44. The number of benzene rings is 2. The molecule has 0 saturated carbocycles. The van der Waals surface area contributed by atoms with Crippen molar-refractivity contribution in [2.24, 2.45) is 0 Å². The number of hydrogen-bond donors (Lipinski definition) is 0. The van der Waals surface area contributed by atoms with E-state index in [1.807, 2.05) is 32.0 Å². The van der Waals surface area contributed by atoms with Gasteiger partial charge in [-0.1, -0.05) is 60.4 Å². The summed E-state index contributed by atoms with van der Waals surface area (Å²) in [6.07, 6.45) is 1.55. The van der Waals surface area contributed by atoms with Crippen LogP contribution in [-0.2, 0) is 4.79 Å². The molecule has 1 aliphatic heterocycles. The molecule has 0 N–H and O–H groups in total. The first-order valence-electron chi connectivity index (χ1n) is 7.54. The number of thioether (sulfide) groups is 1. The molecule has 0 radical (unpaired) electrons. The van der Waals surface area contributed by atoms with Gasteiger partial charge in [-0.25, -0.2) is 0 Å². The van der Waals surface area contributed by atoms with E-state index in [9.17, 15) is 14.7 Å². The number of aryl methyl sites for hydroxylation is 1. The predicted octanol–water partition coefficient (Wildman–Crippen LogP) is 3.07. The number of aromatic carboxylic acids is 1. The third kappa shape index (κ3) is 3.23. The number of nitrogens with zero attached hydrogens (tertiary/aromatic N) is 1. The van der Waals surface area contributed by atoms with E-state index in [1.165, 1.54) is 11.0 Å². The van der Waals surface area contributed by atoms with Gasteiger partial charge < -0.3 is 9.90 Å². The normalized spacial score (nSPS) is 15.9. The van der Waals surface area contributed by atoms with Gasteiger partial charge in [0.2, 0.25) is 0 Å². The number of rotatable bonds is 3. The van der Waals surface area contributed by atoms with Crippen LogP contribution in [0.15, 0.2) is 47.4 Å². The van der Waals surface area contributed by atoms with Gasteiger partial charge in [0, 0.05) is 5.56 Å². The van der Waals surface area contributed by atoms with Gasteiger partial charge in [-0.05, 0) is 42.7 Å². The zero-order valence-electron chi connectivity index (χ0n) is 13.6. The van der Waals surface area contributed by atoms with E-state index in [-0.39, 0.29) is 11.5 Å².